The number of amides is 1. The van der Waals surface area contributed by atoms with E-state index >= 15 is 0 Å². The molecule has 1 aliphatic rings. The number of nitrogens with zero attached hydrogens (tertiary/aromatic N) is 1. The normalized spacial score (nSPS) is 16.5. The summed E-state index contributed by atoms with van der Waals surface area (Å²) in [5.74, 6) is -0.338. The summed E-state index contributed by atoms with van der Waals surface area (Å²) in [6.45, 7) is 0.664. The lowest BCUT2D eigenvalue weighted by Gasteiger charge is -2.10. The van der Waals surface area contributed by atoms with Crippen LogP contribution in [0.15, 0.2) is 33.8 Å². The molecule has 0 aromatic heterocycles. The molecule has 126 valence electrons. The molecule has 0 aliphatic carbocycles. The molecule has 1 fully saturated rings. The second kappa shape index (κ2) is 9.94. The highest BCUT2D eigenvalue weighted by Crippen LogP contribution is 2.31. The largest absolute Gasteiger partial charge is 0.370 e. The predicted octanol–water partition coefficient (Wildman–Crippen LogP) is 4.03. The molecule has 8 heteroatoms. The Bertz CT molecular complexity index is 539. The molecular formula is C15H19BrN2O4S. The third-order valence-corrected chi connectivity index (χ3v) is 4.29. The van der Waals surface area contributed by atoms with E-state index in [1.807, 2.05) is 30.3 Å². The van der Waals surface area contributed by atoms with Crippen molar-refractivity contribution in [3.63, 3.8) is 0 Å². The van der Waals surface area contributed by atoms with Gasteiger partial charge in [0.2, 0.25) is 11.0 Å². The Morgan fingerprint density at radius 2 is 2.00 bits per heavy atom. The highest BCUT2D eigenvalue weighted by Gasteiger charge is 2.20. The van der Waals surface area contributed by atoms with Gasteiger partial charge in [0.1, 0.15) is 0 Å². The smallest absolute Gasteiger partial charge is 0.243 e. The first-order valence-electron chi connectivity index (χ1n) is 7.38. The van der Waals surface area contributed by atoms with Crippen LogP contribution in [0.2, 0.25) is 0 Å². The Kier molecular flexibility index (Phi) is 7.90. The number of nitrogens with one attached hydrogen (secondary N) is 1. The minimum Gasteiger partial charge on any atom is -0.370 e. The SMILES string of the molecule is O=C(CCCCCCN1OSC(=Cc2ccc(Br)cc2)O1)NO. The van der Waals surface area contributed by atoms with Crippen molar-refractivity contribution in [1.29, 1.82) is 0 Å². The molecule has 23 heavy (non-hydrogen) atoms. The van der Waals surface area contributed by atoms with Crippen LogP contribution in [-0.4, -0.2) is 22.9 Å². The van der Waals surface area contributed by atoms with E-state index in [9.17, 15) is 4.79 Å². The van der Waals surface area contributed by atoms with E-state index in [-0.39, 0.29) is 5.91 Å². The van der Waals surface area contributed by atoms with Crippen molar-refractivity contribution in [2.45, 2.75) is 32.1 Å². The summed E-state index contributed by atoms with van der Waals surface area (Å²) in [4.78, 5) is 16.4. The lowest BCUT2D eigenvalue weighted by Crippen LogP contribution is -2.18. The zero-order valence-electron chi connectivity index (χ0n) is 12.5. The van der Waals surface area contributed by atoms with Gasteiger partial charge >= 0.3 is 0 Å². The fourth-order valence-electron chi connectivity index (χ4n) is 1.97. The third kappa shape index (κ3) is 6.92. The maximum Gasteiger partial charge on any atom is 0.243 e. The number of hydrogen-bond donors (Lipinski definition) is 2. The molecule has 2 rings (SSSR count). The van der Waals surface area contributed by atoms with Crippen molar-refractivity contribution in [2.75, 3.05) is 6.54 Å². The molecule has 1 heterocycles. The number of carbonyl (C=O) groups excluding carboxylic acids is 1. The van der Waals surface area contributed by atoms with E-state index < -0.39 is 0 Å². The number of halogens is 1. The lowest BCUT2D eigenvalue weighted by molar-refractivity contribution is -0.259. The Morgan fingerprint density at radius 3 is 2.74 bits per heavy atom. The van der Waals surface area contributed by atoms with Crippen LogP contribution in [0.3, 0.4) is 0 Å². The zero-order valence-corrected chi connectivity index (χ0v) is 14.9. The lowest BCUT2D eigenvalue weighted by atomic mass is 10.1. The molecule has 0 unspecified atom stereocenters. The quantitative estimate of drug-likeness (QED) is 0.296. The second-order valence-corrected chi connectivity index (χ2v) is 6.65. The van der Waals surface area contributed by atoms with Crippen molar-refractivity contribution in [1.82, 2.24) is 10.7 Å². The van der Waals surface area contributed by atoms with Crippen LogP contribution in [0, 0.1) is 0 Å². The summed E-state index contributed by atoms with van der Waals surface area (Å²) in [6, 6.07) is 7.93. The first-order chi connectivity index (χ1) is 11.2. The highest BCUT2D eigenvalue weighted by atomic mass is 79.9. The van der Waals surface area contributed by atoms with E-state index in [1.165, 1.54) is 17.3 Å². The molecule has 1 aliphatic heterocycles. The average Bonchev–Trinajstić information content (AvgIpc) is 3.00. The fraction of sp³-hybridized carbons (Fsp3) is 0.400. The number of hydrogen-bond acceptors (Lipinski definition) is 6. The van der Waals surface area contributed by atoms with Gasteiger partial charge in [0, 0.05) is 10.9 Å². The maximum atomic E-state index is 10.8. The number of hydroxylamine groups is 3. The molecule has 6 nitrogen and oxygen atoms in total. The number of unbranched alkanes of at least 4 members (excludes halogenated alkanes) is 3. The summed E-state index contributed by atoms with van der Waals surface area (Å²) < 4.78 is 6.41. The molecule has 1 saturated heterocycles. The summed E-state index contributed by atoms with van der Waals surface area (Å²) in [5, 5.41) is 10.5. The van der Waals surface area contributed by atoms with Gasteiger partial charge in [0.25, 0.3) is 0 Å². The molecule has 0 spiro atoms. The van der Waals surface area contributed by atoms with Crippen LogP contribution >= 0.6 is 28.0 Å². The van der Waals surface area contributed by atoms with Crippen molar-refractivity contribution in [3.8, 4) is 0 Å². The van der Waals surface area contributed by atoms with E-state index in [1.54, 1.807) is 5.48 Å². The van der Waals surface area contributed by atoms with E-state index in [4.69, 9.17) is 14.3 Å². The highest BCUT2D eigenvalue weighted by molar-refractivity contribution is 9.10. The third-order valence-electron chi connectivity index (χ3n) is 3.17. The Balaban J connectivity index is 1.62. The van der Waals surface area contributed by atoms with Gasteiger partial charge < -0.3 is 4.84 Å². The van der Waals surface area contributed by atoms with Crippen LogP contribution in [0.1, 0.15) is 37.7 Å². The van der Waals surface area contributed by atoms with E-state index in [0.717, 1.165) is 35.7 Å². The minimum atomic E-state index is -0.338. The summed E-state index contributed by atoms with van der Waals surface area (Å²) in [7, 11) is 0. The topological polar surface area (TPSA) is 71.0 Å². The number of carbonyl (C=O) groups is 1. The minimum absolute atomic E-state index is 0.338. The summed E-state index contributed by atoms with van der Waals surface area (Å²) >= 11 is 4.60. The van der Waals surface area contributed by atoms with Gasteiger partial charge in [-0.1, -0.05) is 40.9 Å². The molecular weight excluding hydrogens is 384 g/mol. The zero-order chi connectivity index (χ0) is 16.5. The van der Waals surface area contributed by atoms with Gasteiger partial charge in [-0.2, -0.15) is 4.28 Å². The molecule has 1 aromatic rings. The Labute approximate surface area is 148 Å². The maximum absolute atomic E-state index is 10.8. The van der Waals surface area contributed by atoms with Gasteiger partial charge in [-0.25, -0.2) is 5.48 Å². The molecule has 0 saturated carbocycles. The molecule has 1 aromatic carbocycles. The fourth-order valence-corrected chi connectivity index (χ4v) is 2.80. The average molecular weight is 403 g/mol. The Morgan fingerprint density at radius 1 is 1.26 bits per heavy atom. The molecule has 1 amide bonds. The number of rotatable bonds is 8. The summed E-state index contributed by atoms with van der Waals surface area (Å²) in [5.41, 5.74) is 2.67. The van der Waals surface area contributed by atoms with Crippen molar-refractivity contribution < 1.29 is 19.1 Å². The van der Waals surface area contributed by atoms with E-state index in [2.05, 4.69) is 15.9 Å². The van der Waals surface area contributed by atoms with Gasteiger partial charge in [-0.05, 0) is 41.8 Å². The van der Waals surface area contributed by atoms with Crippen LogP contribution < -0.4 is 5.48 Å². The first-order valence-corrected chi connectivity index (χ1v) is 8.91. The first kappa shape index (κ1) is 18.3. The second-order valence-electron chi connectivity index (χ2n) is 5.02. The van der Waals surface area contributed by atoms with E-state index in [0.29, 0.717) is 18.1 Å². The van der Waals surface area contributed by atoms with Crippen LogP contribution in [0.25, 0.3) is 6.08 Å². The van der Waals surface area contributed by atoms with Crippen LogP contribution in [0.4, 0.5) is 0 Å². The monoisotopic (exact) mass is 402 g/mol. The molecule has 2 N–H and O–H groups in total. The Hall–Kier alpha value is -1.06. The molecule has 0 radical (unpaired) electrons. The number of benzene rings is 1. The molecule has 0 atom stereocenters. The predicted molar refractivity (Wildman–Crippen MR) is 91.6 cm³/mol. The van der Waals surface area contributed by atoms with Crippen molar-refractivity contribution >= 4 is 40.0 Å². The van der Waals surface area contributed by atoms with Crippen LogP contribution in [-0.2, 0) is 13.9 Å². The standard InChI is InChI=1S/C15H19BrN2O4S/c16-13-8-6-12(7-9-13)11-15-21-18(22-23-15)10-4-2-1-3-5-14(19)17-20/h6-9,11,20H,1-5,10H2,(H,17,19). The van der Waals surface area contributed by atoms with Gasteiger partial charge in [-0.3, -0.25) is 10.0 Å². The van der Waals surface area contributed by atoms with Gasteiger partial charge in [0.05, 0.1) is 18.6 Å². The van der Waals surface area contributed by atoms with Crippen LogP contribution in [0.5, 0.6) is 0 Å². The van der Waals surface area contributed by atoms with Gasteiger partial charge in [0.15, 0.2) is 0 Å². The molecule has 0 bridgehead atoms. The van der Waals surface area contributed by atoms with Crippen molar-refractivity contribution in [3.05, 3.63) is 39.4 Å². The van der Waals surface area contributed by atoms with Crippen molar-refractivity contribution in [2.24, 2.45) is 0 Å². The summed E-state index contributed by atoms with van der Waals surface area (Å²) in [6.07, 6.45) is 5.84. The van der Waals surface area contributed by atoms with Gasteiger partial charge in [-0.15, -0.1) is 0 Å².